The molecule has 1 nitrogen and oxygen atoms in total. The average Bonchev–Trinajstić information content (AvgIpc) is 2.58. The second kappa shape index (κ2) is 8.60. The Labute approximate surface area is 137 Å². The minimum absolute atomic E-state index is 0.0518. The van der Waals surface area contributed by atoms with Crippen LogP contribution in [0.25, 0.3) is 6.08 Å². The first-order valence-corrected chi connectivity index (χ1v) is 8.91. The molecule has 0 saturated heterocycles. The van der Waals surface area contributed by atoms with Crippen molar-refractivity contribution in [3.05, 3.63) is 71.3 Å². The van der Waals surface area contributed by atoms with Gasteiger partial charge >= 0.3 is 0 Å². The van der Waals surface area contributed by atoms with Gasteiger partial charge in [-0.3, -0.25) is 4.79 Å². The maximum Gasteiger partial charge on any atom is 0.185 e. The normalized spacial score (nSPS) is 11.0. The summed E-state index contributed by atoms with van der Waals surface area (Å²) < 4.78 is 0. The number of hydrogen-bond donors (Lipinski definition) is 0. The van der Waals surface area contributed by atoms with Gasteiger partial charge < -0.3 is 0 Å². The van der Waals surface area contributed by atoms with Gasteiger partial charge in [-0.2, -0.15) is 0 Å². The molecule has 0 spiro atoms. The van der Waals surface area contributed by atoms with Gasteiger partial charge in [0.15, 0.2) is 5.78 Å². The molecule has 0 fully saturated rings. The van der Waals surface area contributed by atoms with Crippen molar-refractivity contribution in [1.29, 1.82) is 0 Å². The van der Waals surface area contributed by atoms with E-state index in [1.54, 1.807) is 17.8 Å². The number of carbonyl (C=O) groups is 1. The summed E-state index contributed by atoms with van der Waals surface area (Å²) in [4.78, 5) is 13.4. The van der Waals surface area contributed by atoms with Gasteiger partial charge in [-0.25, -0.2) is 0 Å². The van der Waals surface area contributed by atoms with Crippen LogP contribution in [0, 0.1) is 0 Å². The Balaban J connectivity index is 1.99. The highest BCUT2D eigenvalue weighted by atomic mass is 32.2. The van der Waals surface area contributed by atoms with Crippen LogP contribution in [0.4, 0.5) is 0 Å². The van der Waals surface area contributed by atoms with E-state index in [1.165, 1.54) is 23.3 Å². The minimum atomic E-state index is 0.0518. The molecule has 0 N–H and O–H groups in total. The third kappa shape index (κ3) is 4.88. The lowest BCUT2D eigenvalue weighted by molar-refractivity contribution is 0.104. The molecule has 0 bridgehead atoms. The van der Waals surface area contributed by atoms with E-state index in [4.69, 9.17) is 0 Å². The minimum Gasteiger partial charge on any atom is -0.289 e. The van der Waals surface area contributed by atoms with Crippen LogP contribution in [0.5, 0.6) is 0 Å². The largest absolute Gasteiger partial charge is 0.289 e. The van der Waals surface area contributed by atoms with Gasteiger partial charge in [0.1, 0.15) is 0 Å². The summed E-state index contributed by atoms with van der Waals surface area (Å²) in [5.74, 6) is 0.0518. The van der Waals surface area contributed by atoms with Crippen LogP contribution >= 0.6 is 11.8 Å². The Kier molecular flexibility index (Phi) is 6.47. The lowest BCUT2D eigenvalue weighted by Crippen LogP contribution is -1.95. The van der Waals surface area contributed by atoms with Crippen molar-refractivity contribution < 1.29 is 4.79 Å². The third-order valence-corrected chi connectivity index (χ3v) is 4.34. The number of rotatable bonds is 7. The molecule has 2 rings (SSSR count). The van der Waals surface area contributed by atoms with Crippen LogP contribution in [0.15, 0.2) is 59.5 Å². The molecule has 0 radical (unpaired) electrons. The van der Waals surface area contributed by atoms with Crippen molar-refractivity contribution in [3.63, 3.8) is 0 Å². The molecule has 0 aliphatic heterocycles. The molecule has 0 amide bonds. The number of unbranched alkanes of at least 4 members (excludes halogenated alkanes) is 1. The predicted octanol–water partition coefficient (Wildman–Crippen LogP) is 5.65. The molecule has 0 saturated carbocycles. The SMILES string of the molecule is CCCCc1ccc(C(=O)C=Cc2ccc(SC)cc2)cc1. The van der Waals surface area contributed by atoms with Gasteiger partial charge in [0.25, 0.3) is 0 Å². The summed E-state index contributed by atoms with van der Waals surface area (Å²) in [5, 5.41) is 0. The molecule has 2 aromatic rings. The molecule has 2 heteroatoms. The molecule has 0 aromatic heterocycles. The van der Waals surface area contributed by atoms with Crippen LogP contribution in [0.2, 0.25) is 0 Å². The summed E-state index contributed by atoms with van der Waals surface area (Å²) in [5.41, 5.74) is 3.10. The van der Waals surface area contributed by atoms with E-state index >= 15 is 0 Å². The summed E-state index contributed by atoms with van der Waals surface area (Å²) >= 11 is 1.71. The summed E-state index contributed by atoms with van der Waals surface area (Å²) in [6.45, 7) is 2.19. The smallest absolute Gasteiger partial charge is 0.185 e. The number of ketones is 1. The van der Waals surface area contributed by atoms with Crippen molar-refractivity contribution >= 4 is 23.6 Å². The second-order valence-corrected chi connectivity index (χ2v) is 6.15. The van der Waals surface area contributed by atoms with E-state index in [1.807, 2.05) is 30.3 Å². The predicted molar refractivity (Wildman–Crippen MR) is 96.6 cm³/mol. The molecule has 0 heterocycles. The van der Waals surface area contributed by atoms with Crippen LogP contribution < -0.4 is 0 Å². The number of benzene rings is 2. The van der Waals surface area contributed by atoms with E-state index in [-0.39, 0.29) is 5.78 Å². The monoisotopic (exact) mass is 310 g/mol. The maximum absolute atomic E-state index is 12.2. The van der Waals surface area contributed by atoms with E-state index in [2.05, 4.69) is 37.4 Å². The molecular formula is C20H22OS. The highest BCUT2D eigenvalue weighted by Crippen LogP contribution is 2.16. The average molecular weight is 310 g/mol. The van der Waals surface area contributed by atoms with Crippen LogP contribution in [-0.4, -0.2) is 12.0 Å². The zero-order valence-electron chi connectivity index (χ0n) is 13.2. The molecule has 0 unspecified atom stereocenters. The van der Waals surface area contributed by atoms with Crippen LogP contribution in [-0.2, 0) is 6.42 Å². The molecular weight excluding hydrogens is 288 g/mol. The molecule has 114 valence electrons. The fraction of sp³-hybridized carbons (Fsp3) is 0.250. The summed E-state index contributed by atoms with van der Waals surface area (Å²) in [6.07, 6.45) is 9.05. The van der Waals surface area contributed by atoms with Gasteiger partial charge in [0.05, 0.1) is 0 Å². The zero-order valence-corrected chi connectivity index (χ0v) is 14.0. The van der Waals surface area contributed by atoms with E-state index < -0.39 is 0 Å². The van der Waals surface area contributed by atoms with Gasteiger partial charge in [-0.05, 0) is 48.4 Å². The Hall–Kier alpha value is -1.80. The Morgan fingerprint density at radius 1 is 1.05 bits per heavy atom. The summed E-state index contributed by atoms with van der Waals surface area (Å²) in [7, 11) is 0. The van der Waals surface area contributed by atoms with Crippen molar-refractivity contribution in [2.24, 2.45) is 0 Å². The second-order valence-electron chi connectivity index (χ2n) is 5.27. The fourth-order valence-electron chi connectivity index (χ4n) is 2.20. The van der Waals surface area contributed by atoms with Gasteiger partial charge in [-0.1, -0.05) is 55.8 Å². The van der Waals surface area contributed by atoms with Crippen LogP contribution in [0.1, 0.15) is 41.3 Å². The van der Waals surface area contributed by atoms with Crippen molar-refractivity contribution in [2.75, 3.05) is 6.26 Å². The van der Waals surface area contributed by atoms with E-state index in [0.29, 0.717) is 0 Å². The highest BCUT2D eigenvalue weighted by Gasteiger charge is 2.02. The van der Waals surface area contributed by atoms with Crippen molar-refractivity contribution in [3.8, 4) is 0 Å². The number of carbonyl (C=O) groups excluding carboxylic acids is 1. The maximum atomic E-state index is 12.2. The highest BCUT2D eigenvalue weighted by molar-refractivity contribution is 7.98. The molecule has 0 atom stereocenters. The molecule has 0 aliphatic carbocycles. The quantitative estimate of drug-likeness (QED) is 0.373. The van der Waals surface area contributed by atoms with E-state index in [0.717, 1.165) is 17.5 Å². The first-order chi connectivity index (χ1) is 10.7. The van der Waals surface area contributed by atoms with Gasteiger partial charge in [0.2, 0.25) is 0 Å². The van der Waals surface area contributed by atoms with Crippen molar-refractivity contribution in [2.45, 2.75) is 31.1 Å². The lowest BCUT2D eigenvalue weighted by atomic mass is 10.0. The molecule has 22 heavy (non-hydrogen) atoms. The topological polar surface area (TPSA) is 17.1 Å². The Bertz CT molecular complexity index is 624. The number of allylic oxidation sites excluding steroid dienone is 1. The fourth-order valence-corrected chi connectivity index (χ4v) is 2.61. The Morgan fingerprint density at radius 3 is 2.32 bits per heavy atom. The standard InChI is InChI=1S/C20H22OS/c1-3-4-5-16-6-11-18(12-7-16)20(21)15-10-17-8-13-19(22-2)14-9-17/h6-15H,3-5H2,1-2H3. The van der Waals surface area contributed by atoms with Gasteiger partial charge in [-0.15, -0.1) is 11.8 Å². The third-order valence-electron chi connectivity index (χ3n) is 3.60. The van der Waals surface area contributed by atoms with Crippen LogP contribution in [0.3, 0.4) is 0 Å². The number of aryl methyl sites for hydroxylation is 1. The number of thioether (sulfide) groups is 1. The zero-order chi connectivity index (χ0) is 15.8. The first-order valence-electron chi connectivity index (χ1n) is 7.68. The van der Waals surface area contributed by atoms with Crippen molar-refractivity contribution in [1.82, 2.24) is 0 Å². The van der Waals surface area contributed by atoms with E-state index in [9.17, 15) is 4.79 Å². The molecule has 2 aromatic carbocycles. The number of hydrogen-bond acceptors (Lipinski definition) is 2. The van der Waals surface area contributed by atoms with Gasteiger partial charge in [0, 0.05) is 10.5 Å². The lowest BCUT2D eigenvalue weighted by Gasteiger charge is -2.01. The first kappa shape index (κ1) is 16.6. The summed E-state index contributed by atoms with van der Waals surface area (Å²) in [6, 6.07) is 16.2. The Morgan fingerprint density at radius 2 is 1.73 bits per heavy atom. The molecule has 0 aliphatic rings.